The maximum Gasteiger partial charge on any atom is 0.418 e. The van der Waals surface area contributed by atoms with Crippen molar-refractivity contribution in [2.24, 2.45) is 0 Å². The molecule has 2 aromatic carbocycles. The van der Waals surface area contributed by atoms with Gasteiger partial charge in [-0.05, 0) is 12.1 Å². The SMILES string of the molecule is O=[N+]([O-])c1cc([N+](=O)[O-])c(Nc2cc(Br)c(C(F)(F)F)c(C(F)(F)F)c2)c(C(F)(F)F)c1. The lowest BCUT2D eigenvalue weighted by Crippen LogP contribution is -2.18. The predicted octanol–water partition coefficient (Wildman–Crippen LogP) is 7.07. The monoisotopic (exact) mass is 541 g/mol. The summed E-state index contributed by atoms with van der Waals surface area (Å²) in [6.45, 7) is 0. The predicted molar refractivity (Wildman–Crippen MR) is 92.2 cm³/mol. The standard InChI is InChI=1S/C15H5BrF9N3O4/c16-9-2-5(1-7(13(17,18)19)11(9)15(23,24)25)26-12-8(14(20,21)22)3-6(27(29)30)4-10(12)28(31)32/h1-4,26H. The van der Waals surface area contributed by atoms with Crippen LogP contribution in [0.5, 0.6) is 0 Å². The molecule has 7 nitrogen and oxygen atoms in total. The van der Waals surface area contributed by atoms with E-state index in [4.69, 9.17) is 0 Å². The smallest absolute Gasteiger partial charge is 0.349 e. The average Bonchev–Trinajstić information content (AvgIpc) is 2.57. The molecule has 0 saturated carbocycles. The fourth-order valence-corrected chi connectivity index (χ4v) is 3.24. The fraction of sp³-hybridized carbons (Fsp3) is 0.200. The quantitative estimate of drug-likeness (QED) is 0.253. The maximum atomic E-state index is 13.4. The van der Waals surface area contributed by atoms with Crippen LogP contribution in [0.2, 0.25) is 0 Å². The Hall–Kier alpha value is -3.11. The van der Waals surface area contributed by atoms with Crippen LogP contribution in [0.3, 0.4) is 0 Å². The summed E-state index contributed by atoms with van der Waals surface area (Å²) in [4.78, 5) is 19.1. The normalized spacial score (nSPS) is 12.6. The van der Waals surface area contributed by atoms with Crippen molar-refractivity contribution in [2.75, 3.05) is 5.32 Å². The molecule has 0 aliphatic carbocycles. The Labute approximate surface area is 178 Å². The van der Waals surface area contributed by atoms with Crippen molar-refractivity contribution < 1.29 is 49.4 Å². The van der Waals surface area contributed by atoms with E-state index in [-0.39, 0.29) is 18.2 Å². The van der Waals surface area contributed by atoms with Gasteiger partial charge in [-0.3, -0.25) is 20.2 Å². The number of rotatable bonds is 4. The van der Waals surface area contributed by atoms with Crippen LogP contribution in [0, 0.1) is 20.2 Å². The van der Waals surface area contributed by atoms with E-state index in [1.54, 1.807) is 5.32 Å². The number of anilines is 2. The molecule has 0 aromatic heterocycles. The molecule has 0 atom stereocenters. The Morgan fingerprint density at radius 3 is 1.69 bits per heavy atom. The van der Waals surface area contributed by atoms with Gasteiger partial charge in [-0.2, -0.15) is 39.5 Å². The summed E-state index contributed by atoms with van der Waals surface area (Å²) in [5.41, 5.74) is -11.9. The molecule has 0 amide bonds. The Kier molecular flexibility index (Phi) is 6.37. The number of benzene rings is 2. The summed E-state index contributed by atoms with van der Waals surface area (Å²) in [7, 11) is 0. The van der Waals surface area contributed by atoms with E-state index in [0.717, 1.165) is 0 Å². The van der Waals surface area contributed by atoms with Crippen molar-refractivity contribution >= 4 is 38.7 Å². The van der Waals surface area contributed by atoms with Gasteiger partial charge in [0.1, 0.15) is 5.69 Å². The van der Waals surface area contributed by atoms with Gasteiger partial charge in [0.25, 0.3) is 11.4 Å². The number of hydrogen-bond donors (Lipinski definition) is 1. The highest BCUT2D eigenvalue weighted by atomic mass is 79.9. The molecule has 0 aliphatic heterocycles. The lowest BCUT2D eigenvalue weighted by Gasteiger charge is -2.20. The minimum atomic E-state index is -5.61. The summed E-state index contributed by atoms with van der Waals surface area (Å²) >= 11 is 2.27. The second-order valence-electron chi connectivity index (χ2n) is 5.90. The van der Waals surface area contributed by atoms with Crippen LogP contribution in [0.15, 0.2) is 28.7 Å². The van der Waals surface area contributed by atoms with Crippen molar-refractivity contribution in [3.05, 3.63) is 65.7 Å². The summed E-state index contributed by atoms with van der Waals surface area (Å²) in [6.07, 6.45) is -16.6. The first kappa shape index (κ1) is 25.2. The Balaban J connectivity index is 2.83. The van der Waals surface area contributed by atoms with Crippen molar-refractivity contribution in [3.63, 3.8) is 0 Å². The van der Waals surface area contributed by atoms with Gasteiger partial charge in [-0.25, -0.2) is 0 Å². The first-order chi connectivity index (χ1) is 14.3. The molecular formula is C15H5BrF9N3O4. The van der Waals surface area contributed by atoms with E-state index in [9.17, 15) is 59.7 Å². The molecule has 1 N–H and O–H groups in total. The number of nitro benzene ring substituents is 2. The van der Waals surface area contributed by atoms with Gasteiger partial charge in [-0.1, -0.05) is 15.9 Å². The van der Waals surface area contributed by atoms with Gasteiger partial charge < -0.3 is 5.32 Å². The van der Waals surface area contributed by atoms with E-state index >= 15 is 0 Å². The van der Waals surface area contributed by atoms with Crippen molar-refractivity contribution in [3.8, 4) is 0 Å². The zero-order valence-corrected chi connectivity index (χ0v) is 16.2. The number of halogens is 10. The van der Waals surface area contributed by atoms with E-state index in [0.29, 0.717) is 6.07 Å². The Bertz CT molecular complexity index is 1100. The number of non-ortho nitro benzene ring substituents is 1. The zero-order valence-electron chi connectivity index (χ0n) is 14.6. The van der Waals surface area contributed by atoms with Gasteiger partial charge in [0.05, 0.1) is 32.6 Å². The van der Waals surface area contributed by atoms with Crippen molar-refractivity contribution in [2.45, 2.75) is 18.5 Å². The fourth-order valence-electron chi connectivity index (χ4n) is 2.55. The summed E-state index contributed by atoms with van der Waals surface area (Å²) in [5, 5.41) is 23.6. The highest BCUT2D eigenvalue weighted by molar-refractivity contribution is 9.10. The van der Waals surface area contributed by atoms with Crippen molar-refractivity contribution in [1.29, 1.82) is 0 Å². The summed E-state index contributed by atoms with van der Waals surface area (Å²) < 4.78 is 118. The molecule has 0 spiro atoms. The van der Waals surface area contributed by atoms with Crippen LogP contribution in [0.4, 0.5) is 62.3 Å². The molecule has 2 aromatic rings. The molecule has 0 fully saturated rings. The van der Waals surface area contributed by atoms with E-state index < -0.39 is 72.3 Å². The molecule has 0 bridgehead atoms. The minimum absolute atomic E-state index is 0.112. The molecule has 2 rings (SSSR count). The molecule has 0 heterocycles. The summed E-state index contributed by atoms with van der Waals surface area (Å²) in [6, 6.07) is 0.128. The van der Waals surface area contributed by atoms with Crippen LogP contribution in [-0.2, 0) is 18.5 Å². The topological polar surface area (TPSA) is 98.3 Å². The first-order valence-corrected chi connectivity index (χ1v) is 8.42. The highest BCUT2D eigenvalue weighted by Gasteiger charge is 2.45. The third kappa shape index (κ3) is 5.20. The third-order valence-corrected chi connectivity index (χ3v) is 4.39. The number of hydrogen-bond acceptors (Lipinski definition) is 5. The number of alkyl halides is 9. The van der Waals surface area contributed by atoms with Crippen LogP contribution >= 0.6 is 15.9 Å². The molecular weight excluding hydrogens is 537 g/mol. The van der Waals surface area contributed by atoms with Crippen LogP contribution < -0.4 is 5.32 Å². The molecule has 17 heteroatoms. The second-order valence-corrected chi connectivity index (χ2v) is 6.75. The third-order valence-electron chi connectivity index (χ3n) is 3.76. The lowest BCUT2D eigenvalue weighted by atomic mass is 10.0. The van der Waals surface area contributed by atoms with Crippen LogP contribution in [0.1, 0.15) is 16.7 Å². The Morgan fingerprint density at radius 1 is 0.750 bits per heavy atom. The van der Waals surface area contributed by atoms with Gasteiger partial charge in [0, 0.05) is 16.2 Å². The van der Waals surface area contributed by atoms with Crippen LogP contribution in [-0.4, -0.2) is 9.85 Å². The van der Waals surface area contributed by atoms with E-state index in [1.165, 1.54) is 0 Å². The molecule has 0 saturated heterocycles. The lowest BCUT2D eigenvalue weighted by molar-refractivity contribution is -0.394. The van der Waals surface area contributed by atoms with Gasteiger partial charge >= 0.3 is 18.5 Å². The molecule has 0 radical (unpaired) electrons. The van der Waals surface area contributed by atoms with Crippen molar-refractivity contribution in [1.82, 2.24) is 0 Å². The van der Waals surface area contributed by atoms with E-state index in [2.05, 4.69) is 15.9 Å². The average molecular weight is 542 g/mol. The molecule has 32 heavy (non-hydrogen) atoms. The largest absolute Gasteiger partial charge is 0.418 e. The first-order valence-electron chi connectivity index (χ1n) is 7.63. The molecule has 0 unspecified atom stereocenters. The number of nitrogens with zero attached hydrogens (tertiary/aromatic N) is 2. The number of nitro groups is 2. The number of nitrogens with one attached hydrogen (secondary N) is 1. The maximum absolute atomic E-state index is 13.4. The summed E-state index contributed by atoms with van der Waals surface area (Å²) in [5.74, 6) is 0. The molecule has 174 valence electrons. The highest BCUT2D eigenvalue weighted by Crippen LogP contribution is 2.47. The van der Waals surface area contributed by atoms with Gasteiger partial charge in [0.2, 0.25) is 0 Å². The zero-order chi connectivity index (χ0) is 24.8. The molecule has 0 aliphatic rings. The van der Waals surface area contributed by atoms with Gasteiger partial charge in [0.15, 0.2) is 0 Å². The van der Waals surface area contributed by atoms with E-state index in [1.807, 2.05) is 0 Å². The second kappa shape index (κ2) is 8.10. The minimum Gasteiger partial charge on any atom is -0.349 e. The van der Waals surface area contributed by atoms with Crippen LogP contribution in [0.25, 0.3) is 0 Å². The Morgan fingerprint density at radius 2 is 1.28 bits per heavy atom. The van der Waals surface area contributed by atoms with Gasteiger partial charge in [-0.15, -0.1) is 0 Å².